The molecular formula is C13H15BrINO2. The molecule has 5 heteroatoms. The first kappa shape index (κ1) is 14.3. The number of carbonyl (C=O) groups is 1. The van der Waals surface area contributed by atoms with E-state index in [1.54, 1.807) is 0 Å². The summed E-state index contributed by atoms with van der Waals surface area (Å²) in [6.07, 6.45) is -0.235. The number of ether oxygens (including phenoxy) is 1. The SMILES string of the molecule is CN(C)C(C)(C)C1OC(=O)c2c(I)cc(Br)cc21. The second-order valence-corrected chi connectivity index (χ2v) is 7.26. The lowest BCUT2D eigenvalue weighted by Crippen LogP contribution is -2.43. The van der Waals surface area contributed by atoms with E-state index in [2.05, 4.69) is 57.3 Å². The minimum absolute atomic E-state index is 0.221. The van der Waals surface area contributed by atoms with E-state index < -0.39 is 0 Å². The molecule has 0 bridgehead atoms. The highest BCUT2D eigenvalue weighted by Crippen LogP contribution is 2.42. The largest absolute Gasteiger partial charge is 0.452 e. The third-order valence-corrected chi connectivity index (χ3v) is 4.90. The first-order chi connectivity index (χ1) is 8.25. The van der Waals surface area contributed by atoms with Crippen molar-refractivity contribution in [1.82, 2.24) is 4.90 Å². The number of benzene rings is 1. The number of fused-ring (bicyclic) bond motifs is 1. The molecular weight excluding hydrogens is 409 g/mol. The molecule has 1 atom stereocenters. The lowest BCUT2D eigenvalue weighted by molar-refractivity contribution is -0.0115. The summed E-state index contributed by atoms with van der Waals surface area (Å²) in [6, 6.07) is 3.92. The Morgan fingerprint density at radius 1 is 1.39 bits per heavy atom. The Hall–Kier alpha value is -0.140. The summed E-state index contributed by atoms with van der Waals surface area (Å²) in [5, 5.41) is 0. The van der Waals surface area contributed by atoms with Crippen LogP contribution in [0.4, 0.5) is 0 Å². The van der Waals surface area contributed by atoms with Gasteiger partial charge >= 0.3 is 5.97 Å². The molecule has 0 aromatic heterocycles. The predicted molar refractivity (Wildman–Crippen MR) is 82.8 cm³/mol. The topological polar surface area (TPSA) is 29.5 Å². The van der Waals surface area contributed by atoms with E-state index in [9.17, 15) is 4.79 Å². The monoisotopic (exact) mass is 423 g/mol. The quantitative estimate of drug-likeness (QED) is 0.537. The first-order valence-electron chi connectivity index (χ1n) is 5.62. The third kappa shape index (κ3) is 2.20. The van der Waals surface area contributed by atoms with Gasteiger partial charge in [0, 0.05) is 13.6 Å². The normalized spacial score (nSPS) is 19.1. The number of carbonyl (C=O) groups excluding carboxylic acids is 1. The highest BCUT2D eigenvalue weighted by Gasteiger charge is 2.43. The molecule has 18 heavy (non-hydrogen) atoms. The number of halogens is 2. The first-order valence-corrected chi connectivity index (χ1v) is 7.49. The average molecular weight is 424 g/mol. The van der Waals surface area contributed by atoms with Gasteiger partial charge in [-0.1, -0.05) is 15.9 Å². The van der Waals surface area contributed by atoms with E-state index in [1.165, 1.54) is 0 Å². The number of cyclic esters (lactones) is 1. The van der Waals surface area contributed by atoms with E-state index in [-0.39, 0.29) is 17.6 Å². The summed E-state index contributed by atoms with van der Waals surface area (Å²) in [7, 11) is 3.99. The van der Waals surface area contributed by atoms with Gasteiger partial charge in [0.25, 0.3) is 0 Å². The molecule has 1 heterocycles. The van der Waals surface area contributed by atoms with Crippen LogP contribution in [-0.4, -0.2) is 30.5 Å². The van der Waals surface area contributed by atoms with Gasteiger partial charge in [-0.3, -0.25) is 0 Å². The van der Waals surface area contributed by atoms with Gasteiger partial charge in [0.15, 0.2) is 0 Å². The molecule has 0 amide bonds. The molecule has 1 aromatic carbocycles. The highest BCUT2D eigenvalue weighted by molar-refractivity contribution is 14.1. The van der Waals surface area contributed by atoms with Crippen molar-refractivity contribution < 1.29 is 9.53 Å². The number of esters is 1. The molecule has 1 aliphatic rings. The summed E-state index contributed by atoms with van der Waals surface area (Å²) in [4.78, 5) is 14.1. The second-order valence-electron chi connectivity index (χ2n) is 5.19. The molecule has 0 aliphatic carbocycles. The van der Waals surface area contributed by atoms with Crippen LogP contribution < -0.4 is 0 Å². The fraction of sp³-hybridized carbons (Fsp3) is 0.462. The fourth-order valence-corrected chi connectivity index (χ4v) is 3.77. The van der Waals surface area contributed by atoms with Gasteiger partial charge in [-0.05, 0) is 62.7 Å². The summed E-state index contributed by atoms with van der Waals surface area (Å²) in [6.45, 7) is 4.15. The van der Waals surface area contributed by atoms with Crippen molar-refractivity contribution in [2.75, 3.05) is 14.1 Å². The van der Waals surface area contributed by atoms with Crippen LogP contribution in [0.1, 0.15) is 35.9 Å². The molecule has 0 radical (unpaired) electrons. The maximum atomic E-state index is 12.0. The van der Waals surface area contributed by atoms with Crippen LogP contribution in [0.2, 0.25) is 0 Å². The fourth-order valence-electron chi connectivity index (χ4n) is 2.00. The lowest BCUT2D eigenvalue weighted by Gasteiger charge is -2.37. The van der Waals surface area contributed by atoms with E-state index in [0.29, 0.717) is 5.56 Å². The predicted octanol–water partition coefficient (Wildman–Crippen LogP) is 3.61. The van der Waals surface area contributed by atoms with E-state index >= 15 is 0 Å². The van der Waals surface area contributed by atoms with E-state index in [1.807, 2.05) is 26.2 Å². The molecule has 98 valence electrons. The van der Waals surface area contributed by atoms with Crippen molar-refractivity contribution >= 4 is 44.5 Å². The van der Waals surface area contributed by atoms with Gasteiger partial charge in [0.1, 0.15) is 6.10 Å². The maximum Gasteiger partial charge on any atom is 0.340 e. The van der Waals surface area contributed by atoms with Crippen molar-refractivity contribution in [3.05, 3.63) is 31.3 Å². The van der Waals surface area contributed by atoms with Crippen molar-refractivity contribution in [3.63, 3.8) is 0 Å². The van der Waals surface area contributed by atoms with Crippen LogP contribution in [0.15, 0.2) is 16.6 Å². The van der Waals surface area contributed by atoms with Crippen LogP contribution >= 0.6 is 38.5 Å². The molecule has 1 aromatic rings. The van der Waals surface area contributed by atoms with E-state index in [0.717, 1.165) is 13.6 Å². The van der Waals surface area contributed by atoms with Crippen molar-refractivity contribution in [1.29, 1.82) is 0 Å². The zero-order valence-electron chi connectivity index (χ0n) is 10.8. The number of rotatable bonds is 2. The third-order valence-electron chi connectivity index (χ3n) is 3.59. The molecule has 0 N–H and O–H groups in total. The van der Waals surface area contributed by atoms with Crippen LogP contribution in [0, 0.1) is 3.57 Å². The van der Waals surface area contributed by atoms with Crippen molar-refractivity contribution in [2.45, 2.75) is 25.5 Å². The Kier molecular flexibility index (Phi) is 3.77. The summed E-state index contributed by atoms with van der Waals surface area (Å²) in [5.74, 6) is -0.221. The number of likely N-dealkylation sites (N-methyl/N-ethyl adjacent to an activating group) is 1. The van der Waals surface area contributed by atoms with Crippen molar-refractivity contribution in [3.8, 4) is 0 Å². The zero-order valence-corrected chi connectivity index (χ0v) is 14.5. The zero-order chi connectivity index (χ0) is 13.7. The molecule has 1 aliphatic heterocycles. The summed E-state index contributed by atoms with van der Waals surface area (Å²) in [5.41, 5.74) is 1.43. The Morgan fingerprint density at radius 3 is 2.56 bits per heavy atom. The molecule has 3 nitrogen and oxygen atoms in total. The average Bonchev–Trinajstić information content (AvgIpc) is 2.55. The Balaban J connectivity index is 2.57. The molecule has 1 unspecified atom stereocenters. The summed E-state index contributed by atoms with van der Waals surface area (Å²) >= 11 is 5.66. The van der Waals surface area contributed by atoms with Crippen LogP contribution in [0.5, 0.6) is 0 Å². The van der Waals surface area contributed by atoms with Gasteiger partial charge in [-0.25, -0.2) is 4.79 Å². The van der Waals surface area contributed by atoms with Gasteiger partial charge in [0.2, 0.25) is 0 Å². The van der Waals surface area contributed by atoms with Crippen LogP contribution in [0.3, 0.4) is 0 Å². The molecule has 2 rings (SSSR count). The minimum atomic E-state index is -0.245. The number of nitrogens with zero attached hydrogens (tertiary/aromatic N) is 1. The highest BCUT2D eigenvalue weighted by atomic mass is 127. The van der Waals surface area contributed by atoms with Gasteiger partial charge in [-0.15, -0.1) is 0 Å². The van der Waals surface area contributed by atoms with Crippen LogP contribution in [0.25, 0.3) is 0 Å². The van der Waals surface area contributed by atoms with Gasteiger partial charge in [-0.2, -0.15) is 0 Å². The molecule has 0 spiro atoms. The smallest absolute Gasteiger partial charge is 0.340 e. The number of hydrogen-bond donors (Lipinski definition) is 0. The lowest BCUT2D eigenvalue weighted by atomic mass is 9.89. The maximum absolute atomic E-state index is 12.0. The van der Waals surface area contributed by atoms with Crippen LogP contribution in [-0.2, 0) is 4.74 Å². The molecule has 0 fully saturated rings. The Bertz CT molecular complexity index is 514. The molecule has 0 saturated carbocycles. The number of hydrogen-bond acceptors (Lipinski definition) is 3. The second kappa shape index (κ2) is 4.76. The van der Waals surface area contributed by atoms with Crippen molar-refractivity contribution in [2.24, 2.45) is 0 Å². The van der Waals surface area contributed by atoms with Gasteiger partial charge < -0.3 is 9.64 Å². The molecule has 0 saturated heterocycles. The Labute approximate surface area is 129 Å². The Morgan fingerprint density at radius 2 is 2.00 bits per heavy atom. The minimum Gasteiger partial charge on any atom is -0.452 e. The van der Waals surface area contributed by atoms with Gasteiger partial charge in [0.05, 0.1) is 11.1 Å². The summed E-state index contributed by atoms with van der Waals surface area (Å²) < 4.78 is 7.49. The van der Waals surface area contributed by atoms with E-state index in [4.69, 9.17) is 4.74 Å². The standard InChI is InChI=1S/C13H15BrINO2/c1-13(2,16(3)4)11-8-5-7(14)6-9(15)10(8)12(17)18-11/h5-6,11H,1-4H3.